The summed E-state index contributed by atoms with van der Waals surface area (Å²) in [6.45, 7) is -0.0779. The van der Waals surface area contributed by atoms with Crippen LogP contribution in [0.3, 0.4) is 0 Å². The molecule has 0 fully saturated rings. The molecule has 0 aromatic heterocycles. The molecule has 5 heteroatoms. The van der Waals surface area contributed by atoms with Crippen LogP contribution in [-0.4, -0.2) is 29.6 Å². The summed E-state index contributed by atoms with van der Waals surface area (Å²) in [6, 6.07) is 12.1. The van der Waals surface area contributed by atoms with Crippen LogP contribution in [-0.2, 0) is 11.2 Å². The van der Waals surface area contributed by atoms with Crippen LogP contribution in [0.1, 0.15) is 23.6 Å². The van der Waals surface area contributed by atoms with E-state index >= 15 is 0 Å². The van der Waals surface area contributed by atoms with E-state index in [4.69, 9.17) is 0 Å². The summed E-state index contributed by atoms with van der Waals surface area (Å²) in [4.78, 5) is 13.9. The van der Waals surface area contributed by atoms with Crippen LogP contribution in [0.15, 0.2) is 48.5 Å². The molecule has 1 atom stereocenters. The molecule has 1 N–H and O–H groups in total. The molecule has 2 rings (SSSR count). The lowest BCUT2D eigenvalue weighted by molar-refractivity contribution is -0.131. The van der Waals surface area contributed by atoms with Gasteiger partial charge < -0.3 is 10.0 Å². The summed E-state index contributed by atoms with van der Waals surface area (Å²) in [5.74, 6) is -1.52. The fourth-order valence-corrected chi connectivity index (χ4v) is 2.52. The first kappa shape index (κ1) is 17.1. The molecular weight excluding hydrogens is 300 g/mol. The molecule has 1 unspecified atom stereocenters. The number of carbonyl (C=O) groups is 1. The van der Waals surface area contributed by atoms with Crippen molar-refractivity contribution < 1.29 is 18.7 Å². The number of aliphatic hydroxyl groups is 1. The van der Waals surface area contributed by atoms with Gasteiger partial charge in [-0.25, -0.2) is 8.78 Å². The highest BCUT2D eigenvalue weighted by atomic mass is 19.1. The Bertz CT molecular complexity index is 661. The zero-order valence-corrected chi connectivity index (χ0v) is 12.9. The minimum Gasteiger partial charge on any atom is -0.396 e. The lowest BCUT2D eigenvalue weighted by Crippen LogP contribution is -2.33. The number of halogens is 2. The number of carbonyl (C=O) groups excluding carboxylic acids is 1. The van der Waals surface area contributed by atoms with Gasteiger partial charge in [0.05, 0.1) is 12.5 Å². The van der Waals surface area contributed by atoms with Gasteiger partial charge in [0.25, 0.3) is 0 Å². The van der Waals surface area contributed by atoms with E-state index in [0.717, 1.165) is 23.8 Å². The van der Waals surface area contributed by atoms with Gasteiger partial charge in [0.1, 0.15) is 11.6 Å². The van der Waals surface area contributed by atoms with Gasteiger partial charge in [-0.15, -0.1) is 0 Å². The van der Waals surface area contributed by atoms with Gasteiger partial charge in [0.15, 0.2) is 0 Å². The van der Waals surface area contributed by atoms with Crippen LogP contribution in [0.25, 0.3) is 0 Å². The molecule has 0 aliphatic heterocycles. The van der Waals surface area contributed by atoms with E-state index in [-0.39, 0.29) is 30.5 Å². The lowest BCUT2D eigenvalue weighted by Gasteiger charge is -2.28. The van der Waals surface area contributed by atoms with E-state index in [1.54, 1.807) is 7.05 Å². The maximum Gasteiger partial charge on any atom is 0.227 e. The van der Waals surface area contributed by atoms with E-state index in [1.165, 1.54) is 4.90 Å². The molecule has 0 bridgehead atoms. The summed E-state index contributed by atoms with van der Waals surface area (Å²) < 4.78 is 26.9. The van der Waals surface area contributed by atoms with Crippen LogP contribution in [0.2, 0.25) is 0 Å². The summed E-state index contributed by atoms with van der Waals surface area (Å²) in [5, 5.41) is 9.25. The van der Waals surface area contributed by atoms with Crippen molar-refractivity contribution in [2.75, 3.05) is 13.7 Å². The zero-order valence-electron chi connectivity index (χ0n) is 12.9. The number of amides is 1. The molecule has 0 radical (unpaired) electrons. The third-order valence-electron chi connectivity index (χ3n) is 3.80. The summed E-state index contributed by atoms with van der Waals surface area (Å²) in [5.41, 5.74) is 0.912. The SMILES string of the molecule is CN(C(=O)Cc1cc(F)ccc1F)C(CCO)c1ccccc1. The van der Waals surface area contributed by atoms with E-state index in [0.29, 0.717) is 6.42 Å². The van der Waals surface area contributed by atoms with Gasteiger partial charge in [-0.2, -0.15) is 0 Å². The van der Waals surface area contributed by atoms with Gasteiger partial charge in [0, 0.05) is 19.2 Å². The normalized spacial score (nSPS) is 12.0. The quantitative estimate of drug-likeness (QED) is 0.889. The maximum absolute atomic E-state index is 13.7. The number of nitrogens with zero attached hydrogens (tertiary/aromatic N) is 1. The average molecular weight is 319 g/mol. The van der Waals surface area contributed by atoms with Crippen molar-refractivity contribution in [2.45, 2.75) is 18.9 Å². The molecule has 0 spiro atoms. The third kappa shape index (κ3) is 4.36. The minimum atomic E-state index is -0.605. The first-order chi connectivity index (χ1) is 11.0. The van der Waals surface area contributed by atoms with Crippen molar-refractivity contribution in [3.8, 4) is 0 Å². The van der Waals surface area contributed by atoms with E-state index < -0.39 is 11.6 Å². The zero-order chi connectivity index (χ0) is 16.8. The van der Waals surface area contributed by atoms with E-state index in [9.17, 15) is 18.7 Å². The molecule has 122 valence electrons. The predicted octanol–water partition coefficient (Wildman–Crippen LogP) is 3.09. The maximum atomic E-state index is 13.7. The Labute approximate surface area is 134 Å². The number of hydrogen-bond donors (Lipinski definition) is 1. The van der Waals surface area contributed by atoms with Crippen LogP contribution in [0, 0.1) is 11.6 Å². The van der Waals surface area contributed by atoms with Crippen molar-refractivity contribution in [2.24, 2.45) is 0 Å². The average Bonchev–Trinajstić information content (AvgIpc) is 2.56. The van der Waals surface area contributed by atoms with Gasteiger partial charge in [-0.05, 0) is 30.2 Å². The Morgan fingerprint density at radius 3 is 2.52 bits per heavy atom. The Hall–Kier alpha value is -2.27. The van der Waals surface area contributed by atoms with Crippen LogP contribution < -0.4 is 0 Å². The van der Waals surface area contributed by atoms with Crippen LogP contribution in [0.5, 0.6) is 0 Å². The van der Waals surface area contributed by atoms with Crippen molar-refractivity contribution >= 4 is 5.91 Å². The Morgan fingerprint density at radius 1 is 1.17 bits per heavy atom. The number of aliphatic hydroxyl groups excluding tert-OH is 1. The lowest BCUT2D eigenvalue weighted by atomic mass is 10.0. The first-order valence-corrected chi connectivity index (χ1v) is 7.38. The smallest absolute Gasteiger partial charge is 0.227 e. The second kappa shape index (κ2) is 7.83. The predicted molar refractivity (Wildman–Crippen MR) is 83.7 cm³/mol. The number of rotatable bonds is 6. The molecule has 23 heavy (non-hydrogen) atoms. The molecule has 0 aliphatic carbocycles. The van der Waals surface area contributed by atoms with E-state index in [2.05, 4.69) is 0 Å². The molecule has 2 aromatic carbocycles. The summed E-state index contributed by atoms with van der Waals surface area (Å²) in [7, 11) is 1.60. The molecule has 3 nitrogen and oxygen atoms in total. The fraction of sp³-hybridized carbons (Fsp3) is 0.278. The molecular formula is C18H19F2NO2. The van der Waals surface area contributed by atoms with Crippen LogP contribution >= 0.6 is 0 Å². The minimum absolute atomic E-state index is 0.0256. The molecule has 1 amide bonds. The van der Waals surface area contributed by atoms with Crippen molar-refractivity contribution in [1.82, 2.24) is 4.90 Å². The number of benzene rings is 2. The second-order valence-corrected chi connectivity index (χ2v) is 5.36. The standard InChI is InChI=1S/C18H19F2NO2/c1-21(17(9-10-22)13-5-3-2-4-6-13)18(23)12-14-11-15(19)7-8-16(14)20/h2-8,11,17,22H,9-10,12H2,1H3. The summed E-state index contributed by atoms with van der Waals surface area (Å²) in [6.07, 6.45) is 0.146. The Balaban J connectivity index is 2.17. The van der Waals surface area contributed by atoms with Gasteiger partial charge >= 0.3 is 0 Å². The van der Waals surface area contributed by atoms with Gasteiger partial charge in [-0.1, -0.05) is 30.3 Å². The second-order valence-electron chi connectivity index (χ2n) is 5.36. The van der Waals surface area contributed by atoms with Crippen LogP contribution in [0.4, 0.5) is 8.78 Å². The topological polar surface area (TPSA) is 40.5 Å². The molecule has 0 saturated heterocycles. The molecule has 0 heterocycles. The highest BCUT2D eigenvalue weighted by molar-refractivity contribution is 5.79. The Kier molecular flexibility index (Phi) is 5.82. The molecule has 0 saturated carbocycles. The fourth-order valence-electron chi connectivity index (χ4n) is 2.52. The molecule has 0 aliphatic rings. The highest BCUT2D eigenvalue weighted by Gasteiger charge is 2.22. The molecule has 2 aromatic rings. The van der Waals surface area contributed by atoms with E-state index in [1.807, 2.05) is 30.3 Å². The Morgan fingerprint density at radius 2 is 1.87 bits per heavy atom. The number of hydrogen-bond acceptors (Lipinski definition) is 2. The van der Waals surface area contributed by atoms with Gasteiger partial charge in [0.2, 0.25) is 5.91 Å². The monoisotopic (exact) mass is 319 g/mol. The summed E-state index contributed by atoms with van der Waals surface area (Å²) >= 11 is 0. The van der Waals surface area contributed by atoms with Crippen molar-refractivity contribution in [3.05, 3.63) is 71.3 Å². The third-order valence-corrected chi connectivity index (χ3v) is 3.80. The van der Waals surface area contributed by atoms with Crippen molar-refractivity contribution in [3.63, 3.8) is 0 Å². The van der Waals surface area contributed by atoms with Gasteiger partial charge in [-0.3, -0.25) is 4.79 Å². The number of likely N-dealkylation sites (N-methyl/N-ethyl adjacent to an activating group) is 1. The highest BCUT2D eigenvalue weighted by Crippen LogP contribution is 2.24. The first-order valence-electron chi connectivity index (χ1n) is 7.38. The largest absolute Gasteiger partial charge is 0.396 e. The van der Waals surface area contributed by atoms with Crippen molar-refractivity contribution in [1.29, 1.82) is 0 Å².